The van der Waals surface area contributed by atoms with E-state index in [1.165, 1.54) is 40.4 Å². The largest absolute Gasteiger partial charge is 0.0991 e. The van der Waals surface area contributed by atoms with Crippen molar-refractivity contribution in [3.05, 3.63) is 65.3 Å². The second-order valence-electron chi connectivity index (χ2n) is 6.99. The molecular weight excluding hydrogens is 295 g/mol. The van der Waals surface area contributed by atoms with E-state index in [9.17, 15) is 0 Å². The van der Waals surface area contributed by atoms with Crippen LogP contribution >= 0.6 is 7.92 Å². The maximum atomic E-state index is 3.86. The lowest BCUT2D eigenvalue weighted by atomic mass is 9.91. The van der Waals surface area contributed by atoms with Crippen molar-refractivity contribution in [3.63, 3.8) is 0 Å². The van der Waals surface area contributed by atoms with Gasteiger partial charge in [-0.15, -0.1) is 0 Å². The van der Waals surface area contributed by atoms with E-state index in [4.69, 9.17) is 0 Å². The summed E-state index contributed by atoms with van der Waals surface area (Å²) in [5, 5.41) is 1.62. The van der Waals surface area contributed by atoms with Gasteiger partial charge in [-0.25, -0.2) is 0 Å². The number of allylic oxidation sites excluding steroid dienone is 5. The Hall–Kier alpha value is -1.13. The van der Waals surface area contributed by atoms with Crippen LogP contribution in [0.25, 0.3) is 0 Å². The van der Waals surface area contributed by atoms with E-state index >= 15 is 0 Å². The van der Waals surface area contributed by atoms with Crippen LogP contribution < -0.4 is 5.30 Å². The van der Waals surface area contributed by atoms with Crippen molar-refractivity contribution in [1.82, 2.24) is 0 Å². The molecule has 1 atom stereocenters. The van der Waals surface area contributed by atoms with Crippen molar-refractivity contribution in [2.24, 2.45) is 0 Å². The second kappa shape index (κ2) is 8.65. The summed E-state index contributed by atoms with van der Waals surface area (Å²) in [6.07, 6.45) is 6.41. The third-order valence-electron chi connectivity index (χ3n) is 4.57. The number of aryl methyl sites for hydroxylation is 1. The highest BCUT2D eigenvalue weighted by Gasteiger charge is 2.32. The van der Waals surface area contributed by atoms with Gasteiger partial charge in [0.05, 0.1) is 0 Å². The lowest BCUT2D eigenvalue weighted by Crippen LogP contribution is -2.27. The van der Waals surface area contributed by atoms with Crippen molar-refractivity contribution in [1.29, 1.82) is 0 Å². The van der Waals surface area contributed by atoms with E-state index in [0.717, 1.165) is 0 Å². The van der Waals surface area contributed by atoms with Crippen molar-refractivity contribution >= 4 is 13.2 Å². The second-order valence-corrected chi connectivity index (χ2v) is 9.75. The minimum atomic E-state index is -0.289. The number of hydrogen-bond acceptors (Lipinski definition) is 0. The molecule has 0 N–H and O–H groups in total. The van der Waals surface area contributed by atoms with Gasteiger partial charge in [-0.2, -0.15) is 0 Å². The average Bonchev–Trinajstić information content (AvgIpc) is 2.47. The Morgan fingerprint density at radius 1 is 1.13 bits per heavy atom. The molecule has 0 aliphatic heterocycles. The molecule has 0 radical (unpaired) electrons. The highest BCUT2D eigenvalue weighted by atomic mass is 31.1. The van der Waals surface area contributed by atoms with E-state index in [2.05, 4.69) is 85.1 Å². The first-order chi connectivity index (χ1) is 10.8. The van der Waals surface area contributed by atoms with Crippen molar-refractivity contribution in [2.75, 3.05) is 6.66 Å². The molecule has 0 bridgehead atoms. The quantitative estimate of drug-likeness (QED) is 0.389. The SMILES string of the molecule is C=C/C=C(/C)C(=C(C)C)C(C)(C)P(C)c1ccc(CCC)cc1. The van der Waals surface area contributed by atoms with Crippen LogP contribution in [0.4, 0.5) is 0 Å². The van der Waals surface area contributed by atoms with Gasteiger partial charge in [0.1, 0.15) is 0 Å². The minimum Gasteiger partial charge on any atom is -0.0991 e. The molecule has 0 aliphatic carbocycles. The van der Waals surface area contributed by atoms with E-state index in [-0.39, 0.29) is 13.1 Å². The van der Waals surface area contributed by atoms with Crippen molar-refractivity contribution < 1.29 is 0 Å². The fourth-order valence-corrected chi connectivity index (χ4v) is 5.39. The Kier molecular flexibility index (Phi) is 7.49. The van der Waals surface area contributed by atoms with Gasteiger partial charge in [0.25, 0.3) is 0 Å². The topological polar surface area (TPSA) is 0 Å². The minimum absolute atomic E-state index is 0.143. The molecule has 0 spiro atoms. The van der Waals surface area contributed by atoms with E-state index in [1.807, 2.05) is 6.08 Å². The highest BCUT2D eigenvalue weighted by Crippen LogP contribution is 2.52. The molecule has 0 heterocycles. The summed E-state index contributed by atoms with van der Waals surface area (Å²) in [6, 6.07) is 9.30. The third-order valence-corrected chi connectivity index (χ3v) is 7.55. The maximum Gasteiger partial charge on any atom is 0.0138 e. The first kappa shape index (κ1) is 19.9. The van der Waals surface area contributed by atoms with Crippen LogP contribution in [0.5, 0.6) is 0 Å². The van der Waals surface area contributed by atoms with Crippen molar-refractivity contribution in [2.45, 2.75) is 59.5 Å². The van der Waals surface area contributed by atoms with E-state index in [1.54, 1.807) is 0 Å². The van der Waals surface area contributed by atoms with Crippen LogP contribution in [0.2, 0.25) is 0 Å². The summed E-state index contributed by atoms with van der Waals surface area (Å²) in [6.45, 7) is 20.0. The number of rotatable bonds is 7. The molecule has 23 heavy (non-hydrogen) atoms. The van der Waals surface area contributed by atoms with Crippen LogP contribution in [-0.2, 0) is 6.42 Å². The fourth-order valence-electron chi connectivity index (χ4n) is 3.41. The smallest absolute Gasteiger partial charge is 0.0138 e. The summed E-state index contributed by atoms with van der Waals surface area (Å²) >= 11 is 0. The molecule has 0 aromatic heterocycles. The number of benzene rings is 1. The molecule has 0 aliphatic rings. The van der Waals surface area contributed by atoms with Crippen molar-refractivity contribution in [3.8, 4) is 0 Å². The standard InChI is InChI=1S/C22H33P/c1-9-11-18(5)21(17(3)4)22(6,7)23(8)20-15-13-19(12-10-2)14-16-20/h9,11,13-16H,1,10,12H2,2-8H3/b18-11-. The zero-order chi connectivity index (χ0) is 17.6. The lowest BCUT2D eigenvalue weighted by Gasteiger charge is -2.37. The van der Waals surface area contributed by atoms with Gasteiger partial charge in [-0.05, 0) is 55.9 Å². The molecule has 1 heteroatoms. The third kappa shape index (κ3) is 4.92. The Labute approximate surface area is 145 Å². The van der Waals surface area contributed by atoms with Gasteiger partial charge >= 0.3 is 0 Å². The Bertz CT molecular complexity index is 581. The highest BCUT2D eigenvalue weighted by molar-refractivity contribution is 7.66. The normalized spacial score (nSPS) is 13.6. The molecule has 1 aromatic carbocycles. The Morgan fingerprint density at radius 2 is 1.70 bits per heavy atom. The zero-order valence-corrected chi connectivity index (χ0v) is 16.9. The van der Waals surface area contributed by atoms with Crippen LogP contribution in [0, 0.1) is 0 Å². The molecule has 126 valence electrons. The molecule has 0 nitrogen and oxygen atoms in total. The molecule has 1 rings (SSSR count). The van der Waals surface area contributed by atoms with Gasteiger partial charge in [-0.3, -0.25) is 0 Å². The van der Waals surface area contributed by atoms with Crippen LogP contribution in [0.1, 0.15) is 53.5 Å². The average molecular weight is 328 g/mol. The predicted octanol–water partition coefficient (Wildman–Crippen LogP) is 6.62. The van der Waals surface area contributed by atoms with Crippen LogP contribution in [-0.4, -0.2) is 11.8 Å². The number of hydrogen-bond donors (Lipinski definition) is 0. The zero-order valence-electron chi connectivity index (χ0n) is 16.0. The first-order valence-electron chi connectivity index (χ1n) is 8.56. The summed E-state index contributed by atoms with van der Waals surface area (Å²) in [4.78, 5) is 0. The molecule has 0 saturated heterocycles. The van der Waals surface area contributed by atoms with E-state index in [0.29, 0.717) is 0 Å². The van der Waals surface area contributed by atoms with Gasteiger partial charge in [0, 0.05) is 5.16 Å². The van der Waals surface area contributed by atoms with Gasteiger partial charge < -0.3 is 0 Å². The van der Waals surface area contributed by atoms with Gasteiger partial charge in [0.2, 0.25) is 0 Å². The van der Waals surface area contributed by atoms with Gasteiger partial charge in [0.15, 0.2) is 0 Å². The summed E-state index contributed by atoms with van der Waals surface area (Å²) in [7, 11) is -0.289. The fraction of sp³-hybridized carbons (Fsp3) is 0.455. The predicted molar refractivity (Wildman–Crippen MR) is 109 cm³/mol. The lowest BCUT2D eigenvalue weighted by molar-refractivity contribution is 0.814. The molecule has 0 fully saturated rings. The summed E-state index contributed by atoms with van der Waals surface area (Å²) in [5.41, 5.74) is 5.66. The summed E-state index contributed by atoms with van der Waals surface area (Å²) < 4.78 is 0. The monoisotopic (exact) mass is 328 g/mol. The Morgan fingerprint density at radius 3 is 2.13 bits per heavy atom. The summed E-state index contributed by atoms with van der Waals surface area (Å²) in [5.74, 6) is 0. The molecule has 0 amide bonds. The van der Waals surface area contributed by atoms with E-state index < -0.39 is 0 Å². The van der Waals surface area contributed by atoms with Crippen LogP contribution in [0.15, 0.2) is 59.7 Å². The molecule has 0 saturated carbocycles. The molecule has 1 aromatic rings. The molecule has 1 unspecified atom stereocenters. The van der Waals surface area contributed by atoms with Gasteiger partial charge in [-0.1, -0.05) is 83.7 Å². The van der Waals surface area contributed by atoms with Crippen LogP contribution in [0.3, 0.4) is 0 Å². The molecular formula is C22H33P. The Balaban J connectivity index is 3.21. The maximum absolute atomic E-state index is 3.86. The first-order valence-corrected chi connectivity index (χ1v) is 10.3.